The lowest BCUT2D eigenvalue weighted by Crippen LogP contribution is -2.45. The molecule has 2 unspecified atom stereocenters. The van der Waals surface area contributed by atoms with Crippen molar-refractivity contribution in [2.45, 2.75) is 341 Å². The summed E-state index contributed by atoms with van der Waals surface area (Å²) in [6, 6.07) is -0.642. The topological polar surface area (TPSA) is 69.6 Å². The van der Waals surface area contributed by atoms with Crippen LogP contribution < -0.4 is 5.32 Å². The van der Waals surface area contributed by atoms with E-state index in [1.807, 2.05) is 6.08 Å². The van der Waals surface area contributed by atoms with Gasteiger partial charge in [0.2, 0.25) is 5.91 Å². The van der Waals surface area contributed by atoms with E-state index in [1.54, 1.807) is 6.08 Å². The molecule has 0 saturated carbocycles. The molecule has 0 aliphatic carbocycles. The van der Waals surface area contributed by atoms with Crippen molar-refractivity contribution in [2.75, 3.05) is 6.61 Å². The highest BCUT2D eigenvalue weighted by molar-refractivity contribution is 5.76. The molecule has 0 fully saturated rings. The van der Waals surface area contributed by atoms with Gasteiger partial charge in [-0.3, -0.25) is 4.79 Å². The molecule has 434 valence electrons. The number of allylic oxidation sites excluding steroid dienone is 15. The number of rotatable bonds is 60. The maximum atomic E-state index is 12.5. The van der Waals surface area contributed by atoms with Gasteiger partial charge in [-0.2, -0.15) is 0 Å². The monoisotopic (exact) mass is 1040 g/mol. The molecule has 75 heavy (non-hydrogen) atoms. The predicted octanol–water partition coefficient (Wildman–Crippen LogP) is 22.4. The summed E-state index contributed by atoms with van der Waals surface area (Å²) in [6.45, 7) is 4.21. The molecule has 0 radical (unpaired) electrons. The van der Waals surface area contributed by atoms with Gasteiger partial charge < -0.3 is 15.5 Å². The van der Waals surface area contributed by atoms with Crippen LogP contribution in [0.2, 0.25) is 0 Å². The Kier molecular flexibility index (Phi) is 63.2. The first-order valence-corrected chi connectivity index (χ1v) is 33.0. The van der Waals surface area contributed by atoms with Gasteiger partial charge in [-0.25, -0.2) is 0 Å². The number of amides is 1. The van der Waals surface area contributed by atoms with Gasteiger partial charge >= 0.3 is 0 Å². The van der Waals surface area contributed by atoms with E-state index >= 15 is 0 Å². The number of hydrogen-bond acceptors (Lipinski definition) is 3. The van der Waals surface area contributed by atoms with Gasteiger partial charge in [0.05, 0.1) is 18.8 Å². The van der Waals surface area contributed by atoms with Crippen molar-refractivity contribution in [3.8, 4) is 0 Å². The normalized spacial score (nSPS) is 13.4. The zero-order valence-corrected chi connectivity index (χ0v) is 50.1. The minimum Gasteiger partial charge on any atom is -0.394 e. The summed E-state index contributed by atoms with van der Waals surface area (Å²) in [5.41, 5.74) is 0. The molecule has 4 nitrogen and oxygen atoms in total. The summed E-state index contributed by atoms with van der Waals surface area (Å²) in [5, 5.41) is 23.2. The van der Waals surface area contributed by atoms with E-state index < -0.39 is 12.1 Å². The van der Waals surface area contributed by atoms with E-state index in [9.17, 15) is 15.0 Å². The molecule has 0 spiro atoms. The Labute approximate surface area is 468 Å². The van der Waals surface area contributed by atoms with E-state index in [4.69, 9.17) is 0 Å². The Morgan fingerprint density at radius 3 is 0.933 bits per heavy atom. The smallest absolute Gasteiger partial charge is 0.220 e. The van der Waals surface area contributed by atoms with Crippen LogP contribution in [0.1, 0.15) is 328 Å². The average molecular weight is 1040 g/mol. The first kappa shape index (κ1) is 72.3. The Morgan fingerprint density at radius 1 is 0.333 bits per heavy atom. The highest BCUT2D eigenvalue weighted by atomic mass is 16.3. The van der Waals surface area contributed by atoms with Crippen molar-refractivity contribution in [1.82, 2.24) is 5.32 Å². The maximum absolute atomic E-state index is 12.5. The van der Waals surface area contributed by atoms with Gasteiger partial charge in [0, 0.05) is 6.42 Å². The van der Waals surface area contributed by atoms with Crippen molar-refractivity contribution in [1.29, 1.82) is 0 Å². The molecule has 0 aromatic rings. The zero-order valence-electron chi connectivity index (χ0n) is 50.1. The molecule has 4 heteroatoms. The third kappa shape index (κ3) is 62.0. The van der Waals surface area contributed by atoms with Crippen LogP contribution in [-0.2, 0) is 4.79 Å². The minimum atomic E-state index is -0.865. The van der Waals surface area contributed by atoms with Crippen LogP contribution in [0.25, 0.3) is 0 Å². The molecule has 0 saturated heterocycles. The standard InChI is InChI=1S/C71H127NO3/c1-3-5-7-9-11-13-15-17-19-21-23-25-27-28-29-30-31-32-33-34-35-36-37-38-39-40-41-42-43-44-45-47-49-51-53-55-57-59-61-63-65-67-71(75)72-69(68-73)70(74)66-64-62-60-58-56-54-52-50-48-46-26-24-22-20-18-16-14-12-10-8-6-4-2/h5,7,11,13,17,19,23,25,28-29,31-32,56,58,64,66,69-70,73-74H,3-4,6,8-10,12,14-16,18,20-22,24,26-27,30,33-55,57,59-63,65,67-68H2,1-2H3,(H,72,75)/b7-5-,13-11-,19-17-,25-23-,29-28-,32-31-,58-56+,66-64+. The van der Waals surface area contributed by atoms with Crippen LogP contribution in [0.5, 0.6) is 0 Å². The number of hydrogen-bond donors (Lipinski definition) is 3. The van der Waals surface area contributed by atoms with E-state index in [2.05, 4.69) is 104 Å². The average Bonchev–Trinajstić information content (AvgIpc) is 3.41. The van der Waals surface area contributed by atoms with Crippen LogP contribution in [0, 0.1) is 0 Å². The quantitative estimate of drug-likeness (QED) is 0.0420. The van der Waals surface area contributed by atoms with E-state index in [1.165, 1.54) is 238 Å². The van der Waals surface area contributed by atoms with Crippen molar-refractivity contribution in [3.05, 3.63) is 97.2 Å². The Hall–Kier alpha value is -2.69. The fourth-order valence-corrected chi connectivity index (χ4v) is 9.85. The van der Waals surface area contributed by atoms with E-state index in [-0.39, 0.29) is 12.5 Å². The summed E-state index contributed by atoms with van der Waals surface area (Å²) in [5.74, 6) is -0.0701. The van der Waals surface area contributed by atoms with Gasteiger partial charge in [0.1, 0.15) is 0 Å². The molecule has 2 atom stereocenters. The van der Waals surface area contributed by atoms with E-state index in [0.717, 1.165) is 70.6 Å². The first-order valence-electron chi connectivity index (χ1n) is 33.0. The molecule has 0 aromatic heterocycles. The number of carbonyl (C=O) groups excluding carboxylic acids is 1. The number of aliphatic hydroxyl groups excluding tert-OH is 2. The molecule has 3 N–H and O–H groups in total. The van der Waals surface area contributed by atoms with Crippen LogP contribution in [0.4, 0.5) is 0 Å². The fraction of sp³-hybridized carbons (Fsp3) is 0.761. The summed E-state index contributed by atoms with van der Waals surface area (Å²) in [6.07, 6.45) is 97.6. The number of aliphatic hydroxyl groups is 2. The van der Waals surface area contributed by atoms with Crippen LogP contribution in [0.3, 0.4) is 0 Å². The van der Waals surface area contributed by atoms with Crippen molar-refractivity contribution >= 4 is 5.91 Å². The highest BCUT2D eigenvalue weighted by Gasteiger charge is 2.18. The zero-order chi connectivity index (χ0) is 54.1. The summed E-state index contributed by atoms with van der Waals surface area (Å²) in [4.78, 5) is 12.5. The summed E-state index contributed by atoms with van der Waals surface area (Å²) in [7, 11) is 0. The van der Waals surface area contributed by atoms with Crippen molar-refractivity contribution in [2.24, 2.45) is 0 Å². The van der Waals surface area contributed by atoms with Gasteiger partial charge in [-0.05, 0) is 83.5 Å². The van der Waals surface area contributed by atoms with Crippen LogP contribution in [0.15, 0.2) is 97.2 Å². The number of carbonyl (C=O) groups is 1. The van der Waals surface area contributed by atoms with Gasteiger partial charge in [0.15, 0.2) is 0 Å². The fourth-order valence-electron chi connectivity index (χ4n) is 9.85. The Morgan fingerprint density at radius 2 is 0.600 bits per heavy atom. The maximum Gasteiger partial charge on any atom is 0.220 e. The Balaban J connectivity index is 3.47. The number of unbranched alkanes of at least 4 members (excludes halogenated alkanes) is 39. The molecule has 1 amide bonds. The second kappa shape index (κ2) is 65.6. The van der Waals surface area contributed by atoms with Crippen molar-refractivity contribution < 1.29 is 15.0 Å². The van der Waals surface area contributed by atoms with Crippen molar-refractivity contribution in [3.63, 3.8) is 0 Å². The molecule has 0 aliphatic heterocycles. The lowest BCUT2D eigenvalue weighted by atomic mass is 10.0. The second-order valence-corrected chi connectivity index (χ2v) is 22.1. The van der Waals surface area contributed by atoms with Crippen LogP contribution >= 0.6 is 0 Å². The van der Waals surface area contributed by atoms with Crippen LogP contribution in [-0.4, -0.2) is 34.9 Å². The second-order valence-electron chi connectivity index (χ2n) is 22.1. The van der Waals surface area contributed by atoms with Gasteiger partial charge in [-0.1, -0.05) is 336 Å². The minimum absolute atomic E-state index is 0.0701. The summed E-state index contributed by atoms with van der Waals surface area (Å²) < 4.78 is 0. The molecular weight excluding hydrogens is 915 g/mol. The molecule has 0 heterocycles. The molecule has 0 aromatic carbocycles. The van der Waals surface area contributed by atoms with E-state index in [0.29, 0.717) is 6.42 Å². The molecule has 0 bridgehead atoms. The summed E-state index contributed by atoms with van der Waals surface area (Å²) >= 11 is 0. The highest BCUT2D eigenvalue weighted by Crippen LogP contribution is 2.18. The third-order valence-electron chi connectivity index (χ3n) is 14.8. The third-order valence-corrected chi connectivity index (χ3v) is 14.8. The largest absolute Gasteiger partial charge is 0.394 e. The lowest BCUT2D eigenvalue weighted by Gasteiger charge is -2.19. The lowest BCUT2D eigenvalue weighted by molar-refractivity contribution is -0.123. The SMILES string of the molecule is CC/C=C\C/C=C\C/C=C\C/C=C\C/C=C\C/C=C\CCCCCCCCCCCCCCCCCCCCCCCCC(=O)NC(CO)C(O)/C=C/CC/C=C/CCCCCCCCCCCCCCCCCC. The molecule has 0 rings (SSSR count). The Bertz CT molecular complexity index is 1370. The predicted molar refractivity (Wildman–Crippen MR) is 336 cm³/mol. The molecule has 0 aliphatic rings. The first-order chi connectivity index (χ1) is 37.2. The van der Waals surface area contributed by atoms with Gasteiger partial charge in [0.25, 0.3) is 0 Å². The molecular formula is C71H127NO3. The van der Waals surface area contributed by atoms with Gasteiger partial charge in [-0.15, -0.1) is 0 Å². The number of nitrogens with one attached hydrogen (secondary N) is 1.